The fourth-order valence-electron chi connectivity index (χ4n) is 2.80. The van der Waals surface area contributed by atoms with Crippen molar-refractivity contribution in [3.8, 4) is 0 Å². The lowest BCUT2D eigenvalue weighted by Gasteiger charge is -2.30. The van der Waals surface area contributed by atoms with Crippen molar-refractivity contribution in [1.29, 1.82) is 0 Å². The Balaban J connectivity index is 2.28. The first-order chi connectivity index (χ1) is 9.98. The Bertz CT molecular complexity index is 647. The number of hydrogen-bond donors (Lipinski definition) is 0. The van der Waals surface area contributed by atoms with E-state index >= 15 is 0 Å². The SMILES string of the molecule is CC1(C)OC(c2ccccc2)(c2ccccc2)C(=O)C1=O. The predicted octanol–water partition coefficient (Wildman–Crippen LogP) is 2.88. The molecule has 106 valence electrons. The highest BCUT2D eigenvalue weighted by molar-refractivity contribution is 6.45. The summed E-state index contributed by atoms with van der Waals surface area (Å²) in [7, 11) is 0. The van der Waals surface area contributed by atoms with Crippen LogP contribution in [0, 0.1) is 0 Å². The maximum Gasteiger partial charge on any atom is 0.242 e. The molecule has 3 heteroatoms. The summed E-state index contributed by atoms with van der Waals surface area (Å²) < 4.78 is 6.03. The molecule has 0 saturated carbocycles. The van der Waals surface area contributed by atoms with E-state index in [9.17, 15) is 9.59 Å². The average molecular weight is 280 g/mol. The third-order valence-electron chi connectivity index (χ3n) is 3.84. The molecule has 0 spiro atoms. The normalized spacial score (nSPS) is 19.7. The Labute approximate surface area is 123 Å². The molecule has 3 rings (SSSR count). The van der Waals surface area contributed by atoms with E-state index in [1.165, 1.54) is 0 Å². The minimum absolute atomic E-state index is 0.491. The van der Waals surface area contributed by atoms with E-state index in [1.807, 2.05) is 60.7 Å². The van der Waals surface area contributed by atoms with Gasteiger partial charge in [-0.1, -0.05) is 60.7 Å². The van der Waals surface area contributed by atoms with Crippen LogP contribution in [0.4, 0.5) is 0 Å². The van der Waals surface area contributed by atoms with Crippen LogP contribution in [0.15, 0.2) is 60.7 Å². The molecule has 0 radical (unpaired) electrons. The molecule has 2 aromatic rings. The molecule has 0 bridgehead atoms. The third-order valence-corrected chi connectivity index (χ3v) is 3.84. The second-order valence-corrected chi connectivity index (χ2v) is 5.68. The van der Waals surface area contributed by atoms with Gasteiger partial charge in [0.05, 0.1) is 0 Å². The fraction of sp³-hybridized carbons (Fsp3) is 0.222. The molecule has 3 nitrogen and oxygen atoms in total. The summed E-state index contributed by atoms with van der Waals surface area (Å²) in [6.07, 6.45) is 0. The van der Waals surface area contributed by atoms with Crippen molar-refractivity contribution in [3.63, 3.8) is 0 Å². The lowest BCUT2D eigenvalue weighted by molar-refractivity contribution is -0.137. The van der Waals surface area contributed by atoms with Crippen molar-refractivity contribution < 1.29 is 14.3 Å². The Morgan fingerprint density at radius 2 is 1.14 bits per heavy atom. The van der Waals surface area contributed by atoms with E-state index in [-0.39, 0.29) is 0 Å². The summed E-state index contributed by atoms with van der Waals surface area (Å²) in [4.78, 5) is 25.1. The third kappa shape index (κ3) is 1.93. The van der Waals surface area contributed by atoms with Gasteiger partial charge in [0.25, 0.3) is 0 Å². The molecule has 0 aromatic heterocycles. The molecule has 1 aliphatic rings. The first-order valence-corrected chi connectivity index (χ1v) is 6.89. The van der Waals surface area contributed by atoms with E-state index in [2.05, 4.69) is 0 Å². The van der Waals surface area contributed by atoms with E-state index in [0.717, 1.165) is 0 Å². The van der Waals surface area contributed by atoms with Crippen LogP contribution in [0.2, 0.25) is 0 Å². The maximum absolute atomic E-state index is 12.8. The molecule has 1 aliphatic heterocycles. The zero-order valence-electron chi connectivity index (χ0n) is 12.0. The molecule has 1 saturated heterocycles. The monoisotopic (exact) mass is 280 g/mol. The molecule has 0 unspecified atom stereocenters. The van der Waals surface area contributed by atoms with Crippen LogP contribution in [0.5, 0.6) is 0 Å². The molecule has 0 amide bonds. The molecule has 0 aliphatic carbocycles. The lowest BCUT2D eigenvalue weighted by atomic mass is 9.82. The molecule has 1 fully saturated rings. The van der Waals surface area contributed by atoms with E-state index in [0.29, 0.717) is 11.1 Å². The number of carbonyl (C=O) groups excluding carboxylic acids is 2. The van der Waals surface area contributed by atoms with Gasteiger partial charge in [-0.05, 0) is 25.0 Å². The number of ether oxygens (including phenoxy) is 1. The van der Waals surface area contributed by atoms with Gasteiger partial charge in [0.15, 0.2) is 5.60 Å². The number of benzene rings is 2. The van der Waals surface area contributed by atoms with Gasteiger partial charge < -0.3 is 4.74 Å². The Kier molecular flexibility index (Phi) is 3.03. The summed E-state index contributed by atoms with van der Waals surface area (Å²) in [5, 5.41) is 0. The zero-order chi connectivity index (χ0) is 15.1. The minimum atomic E-state index is -1.34. The van der Waals surface area contributed by atoms with Gasteiger partial charge in [0.1, 0.15) is 5.60 Å². The van der Waals surface area contributed by atoms with E-state index in [4.69, 9.17) is 4.74 Å². The molecule has 1 heterocycles. The number of rotatable bonds is 2. The average Bonchev–Trinajstić information content (AvgIpc) is 2.70. The van der Waals surface area contributed by atoms with Gasteiger partial charge >= 0.3 is 0 Å². The van der Waals surface area contributed by atoms with Crippen LogP contribution in [0.3, 0.4) is 0 Å². The van der Waals surface area contributed by atoms with Gasteiger partial charge in [0, 0.05) is 0 Å². The van der Waals surface area contributed by atoms with Crippen LogP contribution in [-0.4, -0.2) is 17.2 Å². The molecular weight excluding hydrogens is 264 g/mol. The number of Topliss-reactive ketones (excluding diaryl/α,β-unsaturated/α-hetero) is 2. The number of carbonyl (C=O) groups is 2. The fourth-order valence-corrected chi connectivity index (χ4v) is 2.80. The number of ketones is 2. The molecule has 21 heavy (non-hydrogen) atoms. The van der Waals surface area contributed by atoms with Gasteiger partial charge in [-0.3, -0.25) is 9.59 Å². The van der Waals surface area contributed by atoms with Gasteiger partial charge in [0.2, 0.25) is 11.6 Å². The lowest BCUT2D eigenvalue weighted by Crippen LogP contribution is -2.36. The second kappa shape index (κ2) is 4.64. The number of hydrogen-bond acceptors (Lipinski definition) is 3. The van der Waals surface area contributed by atoms with Gasteiger partial charge in [-0.2, -0.15) is 0 Å². The Morgan fingerprint density at radius 1 is 0.714 bits per heavy atom. The van der Waals surface area contributed by atoms with Crippen molar-refractivity contribution in [2.45, 2.75) is 25.0 Å². The highest BCUT2D eigenvalue weighted by Gasteiger charge is 2.59. The van der Waals surface area contributed by atoms with Crippen molar-refractivity contribution in [2.75, 3.05) is 0 Å². The highest BCUT2D eigenvalue weighted by atomic mass is 16.5. The van der Waals surface area contributed by atoms with Crippen molar-refractivity contribution in [1.82, 2.24) is 0 Å². The van der Waals surface area contributed by atoms with Gasteiger partial charge in [-0.25, -0.2) is 0 Å². The predicted molar refractivity (Wildman–Crippen MR) is 78.8 cm³/mol. The standard InChI is InChI=1S/C18H16O3/c1-17(2)15(19)16(20)18(21-17,13-9-5-3-6-10-13)14-11-7-4-8-12-14/h3-12H,1-2H3. The minimum Gasteiger partial charge on any atom is -0.343 e. The van der Waals surface area contributed by atoms with Crippen LogP contribution < -0.4 is 0 Å². The van der Waals surface area contributed by atoms with Crippen LogP contribution in [-0.2, 0) is 19.9 Å². The zero-order valence-corrected chi connectivity index (χ0v) is 12.0. The van der Waals surface area contributed by atoms with Crippen LogP contribution >= 0.6 is 0 Å². The van der Waals surface area contributed by atoms with Crippen molar-refractivity contribution >= 4 is 11.6 Å². The quantitative estimate of drug-likeness (QED) is 0.794. The molecular formula is C18H16O3. The molecule has 0 atom stereocenters. The largest absolute Gasteiger partial charge is 0.343 e. The Morgan fingerprint density at radius 3 is 1.48 bits per heavy atom. The second-order valence-electron chi connectivity index (χ2n) is 5.68. The van der Waals surface area contributed by atoms with Crippen molar-refractivity contribution in [3.05, 3.63) is 71.8 Å². The highest BCUT2D eigenvalue weighted by Crippen LogP contribution is 2.44. The summed E-state index contributed by atoms with van der Waals surface area (Å²) in [5.74, 6) is -1.000. The molecule has 2 aromatic carbocycles. The first kappa shape index (κ1) is 13.7. The Hall–Kier alpha value is -2.26. The maximum atomic E-state index is 12.8. The summed E-state index contributed by atoms with van der Waals surface area (Å²) in [6.45, 7) is 3.28. The van der Waals surface area contributed by atoms with E-state index < -0.39 is 22.8 Å². The van der Waals surface area contributed by atoms with Crippen LogP contribution in [0.1, 0.15) is 25.0 Å². The topological polar surface area (TPSA) is 43.4 Å². The van der Waals surface area contributed by atoms with Crippen molar-refractivity contribution in [2.24, 2.45) is 0 Å². The van der Waals surface area contributed by atoms with Gasteiger partial charge in [-0.15, -0.1) is 0 Å². The van der Waals surface area contributed by atoms with Crippen LogP contribution in [0.25, 0.3) is 0 Å². The first-order valence-electron chi connectivity index (χ1n) is 6.89. The summed E-state index contributed by atoms with van der Waals surface area (Å²) >= 11 is 0. The van der Waals surface area contributed by atoms with E-state index in [1.54, 1.807) is 13.8 Å². The molecule has 0 N–H and O–H groups in total. The summed E-state index contributed by atoms with van der Waals surface area (Å²) in [5.41, 5.74) is -1.11. The summed E-state index contributed by atoms with van der Waals surface area (Å²) in [6, 6.07) is 18.4. The smallest absolute Gasteiger partial charge is 0.242 e.